The van der Waals surface area contributed by atoms with Crippen LogP contribution in [0.2, 0.25) is 0 Å². The van der Waals surface area contributed by atoms with Crippen molar-refractivity contribution in [3.8, 4) is 0 Å². The monoisotopic (exact) mass is 399 g/mol. The second-order valence-electron chi connectivity index (χ2n) is 7.43. The lowest BCUT2D eigenvalue weighted by Crippen LogP contribution is -2.49. The van der Waals surface area contributed by atoms with E-state index in [1.54, 1.807) is 0 Å². The van der Waals surface area contributed by atoms with Crippen LogP contribution < -0.4 is 5.32 Å². The first-order valence-electron chi connectivity index (χ1n) is 9.79. The van der Waals surface area contributed by atoms with Crippen molar-refractivity contribution < 1.29 is 13.2 Å². The lowest BCUT2D eigenvalue weighted by molar-refractivity contribution is -0.137. The van der Waals surface area contributed by atoms with Crippen LogP contribution in [0.25, 0.3) is 0 Å². The standard InChI is InChI=1S/C20H32F3N5/c1-5-24-19(25-14-16(2)28-12-10-26(3)11-13-28)27(4)15-17-6-8-18(9-7-17)20(21,22)23/h6-9,16H,5,10-15H2,1-4H3,(H,24,25). The summed E-state index contributed by atoms with van der Waals surface area (Å²) in [5, 5.41) is 3.27. The molecule has 28 heavy (non-hydrogen) atoms. The van der Waals surface area contributed by atoms with Gasteiger partial charge in [-0.15, -0.1) is 0 Å². The van der Waals surface area contributed by atoms with Crippen molar-refractivity contribution in [2.24, 2.45) is 4.99 Å². The molecule has 1 heterocycles. The van der Waals surface area contributed by atoms with Crippen LogP contribution in [-0.4, -0.2) is 80.1 Å². The predicted molar refractivity (Wildman–Crippen MR) is 107 cm³/mol. The van der Waals surface area contributed by atoms with Crippen LogP contribution in [-0.2, 0) is 12.7 Å². The minimum Gasteiger partial charge on any atom is -0.357 e. The quantitative estimate of drug-likeness (QED) is 0.589. The Bertz CT molecular complexity index is 622. The number of piperazine rings is 1. The highest BCUT2D eigenvalue weighted by molar-refractivity contribution is 5.79. The molecule has 1 aromatic carbocycles. The van der Waals surface area contributed by atoms with E-state index in [9.17, 15) is 13.2 Å². The molecule has 1 saturated heterocycles. The summed E-state index contributed by atoms with van der Waals surface area (Å²) in [6, 6.07) is 5.65. The van der Waals surface area contributed by atoms with Crippen LogP contribution in [0.4, 0.5) is 13.2 Å². The molecule has 1 fully saturated rings. The van der Waals surface area contributed by atoms with Crippen LogP contribution in [0.15, 0.2) is 29.3 Å². The van der Waals surface area contributed by atoms with E-state index in [2.05, 4.69) is 29.1 Å². The highest BCUT2D eigenvalue weighted by Gasteiger charge is 2.30. The highest BCUT2D eigenvalue weighted by Crippen LogP contribution is 2.29. The van der Waals surface area contributed by atoms with Gasteiger partial charge in [0.05, 0.1) is 12.1 Å². The zero-order valence-corrected chi connectivity index (χ0v) is 17.3. The maximum atomic E-state index is 12.7. The van der Waals surface area contributed by atoms with Crippen molar-refractivity contribution in [3.05, 3.63) is 35.4 Å². The summed E-state index contributed by atoms with van der Waals surface area (Å²) in [7, 11) is 4.04. The molecule has 8 heteroatoms. The summed E-state index contributed by atoms with van der Waals surface area (Å²) in [6.45, 7) is 10.3. The molecular formula is C20H32F3N5. The number of hydrogen-bond acceptors (Lipinski definition) is 3. The summed E-state index contributed by atoms with van der Waals surface area (Å²) in [6.07, 6.45) is -4.31. The Kier molecular flexibility index (Phi) is 8.12. The summed E-state index contributed by atoms with van der Waals surface area (Å²) in [4.78, 5) is 11.5. The number of aliphatic imine (C=N–C) groups is 1. The van der Waals surface area contributed by atoms with Gasteiger partial charge in [-0.3, -0.25) is 9.89 Å². The third kappa shape index (κ3) is 6.67. The van der Waals surface area contributed by atoms with Crippen molar-refractivity contribution in [2.45, 2.75) is 32.6 Å². The molecular weight excluding hydrogens is 367 g/mol. The summed E-state index contributed by atoms with van der Waals surface area (Å²) in [5.41, 5.74) is 0.189. The maximum absolute atomic E-state index is 12.7. The Morgan fingerprint density at radius 2 is 1.79 bits per heavy atom. The van der Waals surface area contributed by atoms with Gasteiger partial charge in [0.25, 0.3) is 0 Å². The first-order chi connectivity index (χ1) is 13.2. The Hall–Kier alpha value is -1.80. The first kappa shape index (κ1) is 22.5. The summed E-state index contributed by atoms with van der Waals surface area (Å²) < 4.78 is 38.1. The van der Waals surface area contributed by atoms with Gasteiger partial charge in [-0.2, -0.15) is 13.2 Å². The number of halogens is 3. The van der Waals surface area contributed by atoms with E-state index in [0.717, 1.165) is 56.4 Å². The smallest absolute Gasteiger partial charge is 0.357 e. The molecule has 0 aromatic heterocycles. The van der Waals surface area contributed by atoms with Crippen LogP contribution in [0, 0.1) is 0 Å². The molecule has 0 aliphatic carbocycles. The van der Waals surface area contributed by atoms with E-state index in [-0.39, 0.29) is 0 Å². The fourth-order valence-corrected chi connectivity index (χ4v) is 3.21. The molecule has 1 N–H and O–H groups in total. The first-order valence-corrected chi connectivity index (χ1v) is 9.79. The number of nitrogens with zero attached hydrogens (tertiary/aromatic N) is 4. The molecule has 0 amide bonds. The number of rotatable bonds is 6. The normalized spacial score (nSPS) is 18.2. The molecule has 1 aromatic rings. The number of alkyl halides is 3. The lowest BCUT2D eigenvalue weighted by atomic mass is 10.1. The van der Waals surface area contributed by atoms with Crippen molar-refractivity contribution in [2.75, 3.05) is 53.4 Å². The zero-order chi connectivity index (χ0) is 20.7. The second kappa shape index (κ2) is 10.1. The van der Waals surface area contributed by atoms with E-state index < -0.39 is 11.7 Å². The molecule has 2 rings (SSSR count). The van der Waals surface area contributed by atoms with Gasteiger partial charge in [0.15, 0.2) is 5.96 Å². The minimum atomic E-state index is -4.31. The molecule has 0 spiro atoms. The third-order valence-electron chi connectivity index (χ3n) is 5.06. The maximum Gasteiger partial charge on any atom is 0.416 e. The van der Waals surface area contributed by atoms with Gasteiger partial charge in [0, 0.05) is 52.4 Å². The van der Waals surface area contributed by atoms with E-state index in [1.165, 1.54) is 12.1 Å². The van der Waals surface area contributed by atoms with Crippen LogP contribution in [0.3, 0.4) is 0 Å². The van der Waals surface area contributed by atoms with Gasteiger partial charge in [-0.05, 0) is 38.6 Å². The van der Waals surface area contributed by atoms with E-state index in [0.29, 0.717) is 19.1 Å². The van der Waals surface area contributed by atoms with Crippen molar-refractivity contribution >= 4 is 5.96 Å². The minimum absolute atomic E-state index is 0.349. The molecule has 1 atom stereocenters. The van der Waals surface area contributed by atoms with Crippen molar-refractivity contribution in [3.63, 3.8) is 0 Å². The average molecular weight is 400 g/mol. The van der Waals surface area contributed by atoms with E-state index >= 15 is 0 Å². The fraction of sp³-hybridized carbons (Fsp3) is 0.650. The molecule has 0 bridgehead atoms. The molecule has 1 aliphatic rings. The molecule has 158 valence electrons. The van der Waals surface area contributed by atoms with E-state index in [4.69, 9.17) is 4.99 Å². The molecule has 1 unspecified atom stereocenters. The number of hydrogen-bond donors (Lipinski definition) is 1. The summed E-state index contributed by atoms with van der Waals surface area (Å²) in [5.74, 6) is 0.767. The SMILES string of the molecule is CCNC(=NCC(C)N1CCN(C)CC1)N(C)Cc1ccc(C(F)(F)F)cc1. The Morgan fingerprint density at radius 1 is 1.18 bits per heavy atom. The van der Waals surface area contributed by atoms with Gasteiger partial charge in [0.2, 0.25) is 0 Å². The molecule has 0 radical (unpaired) electrons. The number of guanidine groups is 1. The van der Waals surface area contributed by atoms with Crippen LogP contribution in [0.1, 0.15) is 25.0 Å². The predicted octanol–water partition coefficient (Wildman–Crippen LogP) is 2.74. The molecule has 5 nitrogen and oxygen atoms in total. The Labute approximate surface area is 166 Å². The van der Waals surface area contributed by atoms with Crippen molar-refractivity contribution in [1.82, 2.24) is 20.0 Å². The molecule has 0 saturated carbocycles. The van der Waals surface area contributed by atoms with Gasteiger partial charge >= 0.3 is 6.18 Å². The van der Waals surface area contributed by atoms with Gasteiger partial charge in [-0.25, -0.2) is 0 Å². The van der Waals surface area contributed by atoms with Gasteiger partial charge in [-0.1, -0.05) is 12.1 Å². The topological polar surface area (TPSA) is 34.1 Å². The third-order valence-corrected chi connectivity index (χ3v) is 5.06. The van der Waals surface area contributed by atoms with Crippen molar-refractivity contribution in [1.29, 1.82) is 0 Å². The lowest BCUT2D eigenvalue weighted by Gasteiger charge is -2.36. The highest BCUT2D eigenvalue weighted by atomic mass is 19.4. The van der Waals surface area contributed by atoms with Crippen LogP contribution >= 0.6 is 0 Å². The zero-order valence-electron chi connectivity index (χ0n) is 17.3. The van der Waals surface area contributed by atoms with Gasteiger partial charge in [0.1, 0.15) is 0 Å². The number of nitrogens with one attached hydrogen (secondary N) is 1. The summed E-state index contributed by atoms with van der Waals surface area (Å²) >= 11 is 0. The number of likely N-dealkylation sites (N-methyl/N-ethyl adjacent to an activating group) is 1. The number of benzene rings is 1. The second-order valence-corrected chi connectivity index (χ2v) is 7.43. The Balaban J connectivity index is 1.96. The van der Waals surface area contributed by atoms with E-state index in [1.807, 2.05) is 18.9 Å². The molecule has 1 aliphatic heterocycles. The Morgan fingerprint density at radius 3 is 2.32 bits per heavy atom. The largest absolute Gasteiger partial charge is 0.416 e. The van der Waals surface area contributed by atoms with Gasteiger partial charge < -0.3 is 15.1 Å². The average Bonchev–Trinajstić information content (AvgIpc) is 2.65. The fourth-order valence-electron chi connectivity index (χ4n) is 3.21. The van der Waals surface area contributed by atoms with Crippen LogP contribution in [0.5, 0.6) is 0 Å².